The Hall–Kier alpha value is -1.03. The fourth-order valence-electron chi connectivity index (χ4n) is 3.55. The van der Waals surface area contributed by atoms with Crippen LogP contribution in [0.3, 0.4) is 0 Å². The van der Waals surface area contributed by atoms with Gasteiger partial charge in [-0.05, 0) is 25.7 Å². The molecular formula is C19H34N2O2. The summed E-state index contributed by atoms with van der Waals surface area (Å²) in [4.78, 5) is 2.34. The van der Waals surface area contributed by atoms with Gasteiger partial charge in [-0.2, -0.15) is 0 Å². The Labute approximate surface area is 141 Å². The number of ether oxygens (including phenoxy) is 1. The second-order valence-corrected chi connectivity index (χ2v) is 6.81. The molecule has 23 heavy (non-hydrogen) atoms. The molecule has 0 saturated carbocycles. The van der Waals surface area contributed by atoms with Gasteiger partial charge in [0.1, 0.15) is 5.71 Å². The molecule has 4 heteroatoms. The van der Waals surface area contributed by atoms with Crippen molar-refractivity contribution in [3.63, 3.8) is 0 Å². The van der Waals surface area contributed by atoms with E-state index < -0.39 is 0 Å². The number of rotatable bonds is 1. The van der Waals surface area contributed by atoms with E-state index in [0.717, 1.165) is 57.0 Å². The molecule has 1 aliphatic heterocycles. The molecule has 0 atom stereocenters. The second-order valence-electron chi connectivity index (χ2n) is 6.81. The van der Waals surface area contributed by atoms with Crippen LogP contribution in [0, 0.1) is 0 Å². The number of oxime groups is 1. The molecule has 1 saturated heterocycles. The average molecular weight is 322 g/mol. The van der Waals surface area contributed by atoms with Gasteiger partial charge in [-0.15, -0.1) is 0 Å². The van der Waals surface area contributed by atoms with Crippen LogP contribution in [0.25, 0.3) is 0 Å². The van der Waals surface area contributed by atoms with Gasteiger partial charge in [-0.3, -0.25) is 0 Å². The van der Waals surface area contributed by atoms with E-state index in [4.69, 9.17) is 4.74 Å². The first-order valence-electron chi connectivity index (χ1n) is 9.66. The third-order valence-corrected chi connectivity index (χ3v) is 4.97. The first-order chi connectivity index (χ1) is 11.4. The van der Waals surface area contributed by atoms with Gasteiger partial charge >= 0.3 is 0 Å². The van der Waals surface area contributed by atoms with Crippen molar-refractivity contribution in [1.29, 1.82) is 0 Å². The molecule has 132 valence electrons. The molecule has 0 bridgehead atoms. The molecule has 1 fully saturated rings. The molecule has 0 unspecified atom stereocenters. The van der Waals surface area contributed by atoms with Gasteiger partial charge in [0.2, 0.25) is 0 Å². The van der Waals surface area contributed by atoms with Crippen LogP contribution in [0.4, 0.5) is 0 Å². The Morgan fingerprint density at radius 1 is 0.826 bits per heavy atom. The van der Waals surface area contributed by atoms with Crippen molar-refractivity contribution in [2.45, 2.75) is 77.0 Å². The molecule has 0 aromatic carbocycles. The highest BCUT2D eigenvalue weighted by Crippen LogP contribution is 2.19. The van der Waals surface area contributed by atoms with Crippen LogP contribution in [0.15, 0.2) is 16.9 Å². The first kappa shape index (κ1) is 18.3. The lowest BCUT2D eigenvalue weighted by molar-refractivity contribution is 0.0560. The maximum atomic E-state index is 9.53. The van der Waals surface area contributed by atoms with Crippen LogP contribution >= 0.6 is 0 Å². The molecule has 2 rings (SSSR count). The molecule has 0 radical (unpaired) electrons. The summed E-state index contributed by atoms with van der Waals surface area (Å²) in [5.74, 6) is 0. The van der Waals surface area contributed by atoms with Gasteiger partial charge < -0.3 is 14.8 Å². The summed E-state index contributed by atoms with van der Waals surface area (Å²) in [6, 6.07) is 0. The van der Waals surface area contributed by atoms with Crippen molar-refractivity contribution in [3.05, 3.63) is 11.8 Å². The lowest BCUT2D eigenvalue weighted by atomic mass is 10.0. The highest BCUT2D eigenvalue weighted by Gasteiger charge is 2.18. The lowest BCUT2D eigenvalue weighted by Gasteiger charge is -2.31. The standard InChI is InChI=1S/C19H34N2O2/c22-20-18-12-10-8-6-4-2-1-3-5-7-9-11-13-19(18)21-14-16-23-17-15-21/h13,22H,1-12,14-17H2/b19-13+,20-18-. The molecule has 0 aromatic rings. The predicted molar refractivity (Wildman–Crippen MR) is 95.1 cm³/mol. The average Bonchev–Trinajstić information content (AvgIpc) is 2.61. The topological polar surface area (TPSA) is 45.1 Å². The Morgan fingerprint density at radius 3 is 2.00 bits per heavy atom. The van der Waals surface area contributed by atoms with Gasteiger partial charge in [0.05, 0.1) is 18.9 Å². The van der Waals surface area contributed by atoms with E-state index >= 15 is 0 Å². The Bertz CT molecular complexity index is 374. The van der Waals surface area contributed by atoms with Crippen molar-refractivity contribution < 1.29 is 9.94 Å². The van der Waals surface area contributed by atoms with E-state index in [2.05, 4.69) is 16.1 Å². The minimum Gasteiger partial charge on any atom is -0.411 e. The maximum absolute atomic E-state index is 9.53. The minimum atomic E-state index is 0.774. The van der Waals surface area contributed by atoms with E-state index in [1.165, 1.54) is 57.8 Å². The van der Waals surface area contributed by atoms with E-state index in [1.54, 1.807) is 0 Å². The zero-order valence-corrected chi connectivity index (χ0v) is 14.6. The summed E-state index contributed by atoms with van der Waals surface area (Å²) < 4.78 is 5.47. The minimum absolute atomic E-state index is 0.774. The van der Waals surface area contributed by atoms with Gasteiger partial charge in [0, 0.05) is 13.1 Å². The van der Waals surface area contributed by atoms with Crippen molar-refractivity contribution in [1.82, 2.24) is 4.90 Å². The molecule has 1 aliphatic carbocycles. The fraction of sp³-hybridized carbons (Fsp3) is 0.842. The normalized spacial score (nSPS) is 27.7. The first-order valence-corrected chi connectivity index (χ1v) is 9.66. The molecule has 0 amide bonds. The van der Waals surface area contributed by atoms with Crippen LogP contribution in [0.5, 0.6) is 0 Å². The number of morpholine rings is 1. The summed E-state index contributed by atoms with van der Waals surface area (Å²) in [6.07, 6.45) is 17.4. The third-order valence-electron chi connectivity index (χ3n) is 4.97. The summed E-state index contributed by atoms with van der Waals surface area (Å²) in [7, 11) is 0. The van der Waals surface area contributed by atoms with Crippen LogP contribution < -0.4 is 0 Å². The van der Waals surface area contributed by atoms with Gasteiger partial charge in [0.15, 0.2) is 0 Å². The number of allylic oxidation sites excluding steroid dienone is 2. The zero-order chi connectivity index (χ0) is 16.2. The zero-order valence-electron chi connectivity index (χ0n) is 14.6. The fourth-order valence-corrected chi connectivity index (χ4v) is 3.55. The largest absolute Gasteiger partial charge is 0.411 e. The Morgan fingerprint density at radius 2 is 1.39 bits per heavy atom. The summed E-state index contributed by atoms with van der Waals surface area (Å²) in [5.41, 5.74) is 2.03. The Kier molecular flexibility index (Phi) is 9.15. The number of nitrogens with zero attached hydrogens (tertiary/aromatic N) is 2. The van der Waals surface area contributed by atoms with Gasteiger partial charge in [0.25, 0.3) is 0 Å². The molecular weight excluding hydrogens is 288 g/mol. The van der Waals surface area contributed by atoms with E-state index in [-0.39, 0.29) is 0 Å². The molecule has 1 N–H and O–H groups in total. The molecule has 0 spiro atoms. The van der Waals surface area contributed by atoms with E-state index in [1.807, 2.05) is 0 Å². The lowest BCUT2D eigenvalue weighted by Crippen LogP contribution is -2.38. The number of hydrogen-bond donors (Lipinski definition) is 1. The Balaban J connectivity index is 1.99. The van der Waals surface area contributed by atoms with E-state index in [0.29, 0.717) is 0 Å². The van der Waals surface area contributed by atoms with Crippen LogP contribution in [0.2, 0.25) is 0 Å². The predicted octanol–water partition coefficient (Wildman–Crippen LogP) is 4.73. The summed E-state index contributed by atoms with van der Waals surface area (Å²) >= 11 is 0. The molecule has 2 aliphatic rings. The van der Waals surface area contributed by atoms with Crippen LogP contribution in [-0.4, -0.2) is 42.1 Å². The van der Waals surface area contributed by atoms with Crippen molar-refractivity contribution in [2.75, 3.05) is 26.3 Å². The second kappa shape index (κ2) is 11.5. The molecule has 4 nitrogen and oxygen atoms in total. The van der Waals surface area contributed by atoms with Gasteiger partial charge in [-0.25, -0.2) is 0 Å². The van der Waals surface area contributed by atoms with Crippen molar-refractivity contribution in [3.8, 4) is 0 Å². The van der Waals surface area contributed by atoms with Crippen LogP contribution in [-0.2, 0) is 4.74 Å². The molecule has 1 heterocycles. The summed E-state index contributed by atoms with van der Waals surface area (Å²) in [5, 5.41) is 13.2. The van der Waals surface area contributed by atoms with Crippen molar-refractivity contribution in [2.24, 2.45) is 5.16 Å². The highest BCUT2D eigenvalue weighted by molar-refractivity contribution is 5.99. The monoisotopic (exact) mass is 322 g/mol. The smallest absolute Gasteiger partial charge is 0.102 e. The van der Waals surface area contributed by atoms with Crippen molar-refractivity contribution >= 4 is 5.71 Å². The third kappa shape index (κ3) is 6.94. The SMILES string of the molecule is O/N=C1CCCCCCCCCCCC\C=C/1N1CCOCC1. The highest BCUT2D eigenvalue weighted by atomic mass is 16.5. The quantitative estimate of drug-likeness (QED) is 0.561. The van der Waals surface area contributed by atoms with Gasteiger partial charge in [-0.1, -0.05) is 62.6 Å². The number of hydrogen-bond acceptors (Lipinski definition) is 4. The van der Waals surface area contributed by atoms with Crippen LogP contribution in [0.1, 0.15) is 77.0 Å². The maximum Gasteiger partial charge on any atom is 0.102 e. The van der Waals surface area contributed by atoms with E-state index in [9.17, 15) is 5.21 Å². The molecule has 0 aromatic heterocycles. The summed E-state index contributed by atoms with van der Waals surface area (Å²) in [6.45, 7) is 3.36.